The molecule has 2 rings (SSSR count). The Hall–Kier alpha value is -2.20. The lowest BCUT2D eigenvalue weighted by Crippen LogP contribution is -2.32. The van der Waals surface area contributed by atoms with Crippen LogP contribution in [0.1, 0.15) is 11.1 Å². The second-order valence-electron chi connectivity index (χ2n) is 4.65. The molecule has 0 atom stereocenters. The lowest BCUT2D eigenvalue weighted by atomic mass is 10.1. The Bertz CT molecular complexity index is 644. The van der Waals surface area contributed by atoms with Gasteiger partial charge in [-0.05, 0) is 49.2 Å². The fraction of sp³-hybridized carbons (Fsp3) is 0.188. The number of rotatable bonds is 4. The number of hydrogen-bond acceptors (Lipinski definition) is 2. The molecular weight excluding hydrogens is 288 g/mol. The van der Waals surface area contributed by atoms with E-state index in [4.69, 9.17) is 16.3 Å². The largest absolute Gasteiger partial charge is 0.473 e. The van der Waals surface area contributed by atoms with Crippen molar-refractivity contribution in [2.45, 2.75) is 13.8 Å². The summed E-state index contributed by atoms with van der Waals surface area (Å²) < 4.78 is 5.48. The molecule has 0 saturated heterocycles. The molecule has 0 saturated carbocycles. The third kappa shape index (κ3) is 4.39. The van der Waals surface area contributed by atoms with E-state index in [1.165, 1.54) is 5.56 Å². The zero-order valence-corrected chi connectivity index (χ0v) is 12.7. The third-order valence-corrected chi connectivity index (χ3v) is 3.40. The van der Waals surface area contributed by atoms with Crippen molar-refractivity contribution in [3.05, 3.63) is 58.6 Å². The number of urea groups is 1. The van der Waals surface area contributed by atoms with Crippen molar-refractivity contribution in [1.82, 2.24) is 5.32 Å². The highest BCUT2D eigenvalue weighted by molar-refractivity contribution is 6.33. The lowest BCUT2D eigenvalue weighted by Gasteiger charge is -2.11. The van der Waals surface area contributed by atoms with Crippen LogP contribution in [0, 0.1) is 13.8 Å². The molecule has 0 aliphatic heterocycles. The van der Waals surface area contributed by atoms with Gasteiger partial charge in [0.1, 0.15) is 5.75 Å². The molecule has 0 bridgehead atoms. The van der Waals surface area contributed by atoms with E-state index < -0.39 is 0 Å². The number of benzene rings is 2. The Morgan fingerprint density at radius 1 is 1.14 bits per heavy atom. The lowest BCUT2D eigenvalue weighted by molar-refractivity contribution is 0.234. The van der Waals surface area contributed by atoms with Gasteiger partial charge in [-0.25, -0.2) is 4.79 Å². The van der Waals surface area contributed by atoms with Gasteiger partial charge >= 0.3 is 6.03 Å². The van der Waals surface area contributed by atoms with Crippen molar-refractivity contribution in [2.24, 2.45) is 0 Å². The van der Waals surface area contributed by atoms with E-state index in [2.05, 4.69) is 10.6 Å². The maximum absolute atomic E-state index is 11.7. The van der Waals surface area contributed by atoms with Crippen LogP contribution < -0.4 is 15.4 Å². The molecule has 5 heteroatoms. The van der Waals surface area contributed by atoms with Crippen LogP contribution in [0.2, 0.25) is 5.02 Å². The second-order valence-corrected chi connectivity index (χ2v) is 5.05. The standard InChI is InChI=1S/C16H17ClN2O2/c1-11-7-8-13(9-12(11)2)21-10-18-16(20)19-15-6-4-3-5-14(15)17/h3-9H,10H2,1-2H3,(H2,18,19,20). The van der Waals surface area contributed by atoms with Crippen LogP contribution in [0.4, 0.5) is 10.5 Å². The zero-order chi connectivity index (χ0) is 15.2. The highest BCUT2D eigenvalue weighted by Crippen LogP contribution is 2.20. The number of hydrogen-bond donors (Lipinski definition) is 2. The molecule has 21 heavy (non-hydrogen) atoms. The highest BCUT2D eigenvalue weighted by Gasteiger charge is 2.04. The maximum atomic E-state index is 11.7. The number of anilines is 1. The number of para-hydroxylation sites is 1. The Kier molecular flexibility index (Phi) is 5.06. The molecule has 0 aromatic heterocycles. The van der Waals surface area contributed by atoms with Crippen LogP contribution in [0.5, 0.6) is 5.75 Å². The minimum atomic E-state index is -0.369. The summed E-state index contributed by atoms with van der Waals surface area (Å²) in [5.41, 5.74) is 2.91. The number of halogens is 1. The van der Waals surface area contributed by atoms with Gasteiger partial charge in [-0.2, -0.15) is 0 Å². The SMILES string of the molecule is Cc1ccc(OCNC(=O)Nc2ccccc2Cl)cc1C. The van der Waals surface area contributed by atoms with Crippen LogP contribution >= 0.6 is 11.6 Å². The van der Waals surface area contributed by atoms with Gasteiger partial charge in [-0.3, -0.25) is 0 Å². The van der Waals surface area contributed by atoms with Crippen LogP contribution in [-0.2, 0) is 0 Å². The summed E-state index contributed by atoms with van der Waals surface area (Å²) in [5.74, 6) is 0.719. The molecule has 2 N–H and O–H groups in total. The summed E-state index contributed by atoms with van der Waals surface area (Å²) in [6.45, 7) is 4.13. The van der Waals surface area contributed by atoms with Crippen molar-refractivity contribution in [3.63, 3.8) is 0 Å². The normalized spacial score (nSPS) is 10.0. The minimum Gasteiger partial charge on any atom is -0.473 e. The zero-order valence-electron chi connectivity index (χ0n) is 11.9. The van der Waals surface area contributed by atoms with Crippen LogP contribution in [-0.4, -0.2) is 12.8 Å². The van der Waals surface area contributed by atoms with Crippen LogP contribution in [0.15, 0.2) is 42.5 Å². The van der Waals surface area contributed by atoms with E-state index in [1.54, 1.807) is 24.3 Å². The average Bonchev–Trinajstić information content (AvgIpc) is 2.45. The van der Waals surface area contributed by atoms with Crippen LogP contribution in [0.25, 0.3) is 0 Å². The van der Waals surface area contributed by atoms with Gasteiger partial charge < -0.3 is 15.4 Å². The summed E-state index contributed by atoms with van der Waals surface area (Å²) >= 11 is 5.96. The average molecular weight is 305 g/mol. The smallest absolute Gasteiger partial charge is 0.321 e. The van der Waals surface area contributed by atoms with Gasteiger partial charge in [-0.1, -0.05) is 29.8 Å². The van der Waals surface area contributed by atoms with E-state index in [0.717, 1.165) is 11.3 Å². The summed E-state index contributed by atoms with van der Waals surface area (Å²) in [6.07, 6.45) is 0. The molecule has 0 fully saturated rings. The number of nitrogens with one attached hydrogen (secondary N) is 2. The molecular formula is C16H17ClN2O2. The Labute approximate surface area is 129 Å². The Balaban J connectivity index is 1.82. The molecule has 0 radical (unpaired) electrons. The molecule has 0 heterocycles. The van der Waals surface area contributed by atoms with Crippen molar-refractivity contribution in [2.75, 3.05) is 12.0 Å². The monoisotopic (exact) mass is 304 g/mol. The number of carbonyl (C=O) groups is 1. The molecule has 2 aromatic rings. The number of ether oxygens (including phenoxy) is 1. The first-order valence-electron chi connectivity index (χ1n) is 6.55. The first-order valence-corrected chi connectivity index (χ1v) is 6.93. The predicted octanol–water partition coefficient (Wildman–Crippen LogP) is 4.11. The fourth-order valence-corrected chi connectivity index (χ4v) is 1.90. The molecule has 2 amide bonds. The van der Waals surface area contributed by atoms with E-state index in [1.807, 2.05) is 32.0 Å². The topological polar surface area (TPSA) is 50.4 Å². The fourth-order valence-electron chi connectivity index (χ4n) is 1.72. The summed E-state index contributed by atoms with van der Waals surface area (Å²) in [7, 11) is 0. The van der Waals surface area contributed by atoms with E-state index in [9.17, 15) is 4.79 Å². The number of amides is 2. The predicted molar refractivity (Wildman–Crippen MR) is 85.0 cm³/mol. The summed E-state index contributed by atoms with van der Waals surface area (Å²) in [5, 5.41) is 5.75. The Morgan fingerprint density at radius 3 is 2.62 bits per heavy atom. The molecule has 2 aromatic carbocycles. The van der Waals surface area contributed by atoms with Gasteiger partial charge in [0.05, 0.1) is 10.7 Å². The summed E-state index contributed by atoms with van der Waals surface area (Å²) in [4.78, 5) is 11.7. The third-order valence-electron chi connectivity index (χ3n) is 3.07. The molecule has 0 spiro atoms. The van der Waals surface area contributed by atoms with E-state index >= 15 is 0 Å². The highest BCUT2D eigenvalue weighted by atomic mass is 35.5. The molecule has 4 nitrogen and oxygen atoms in total. The van der Waals surface area contributed by atoms with E-state index in [-0.39, 0.29) is 12.8 Å². The van der Waals surface area contributed by atoms with Crippen molar-refractivity contribution in [1.29, 1.82) is 0 Å². The molecule has 110 valence electrons. The molecule has 0 unspecified atom stereocenters. The van der Waals surface area contributed by atoms with Gasteiger partial charge in [-0.15, -0.1) is 0 Å². The first kappa shape index (κ1) is 15.2. The van der Waals surface area contributed by atoms with Gasteiger partial charge in [0.15, 0.2) is 6.73 Å². The van der Waals surface area contributed by atoms with Crippen molar-refractivity contribution >= 4 is 23.3 Å². The van der Waals surface area contributed by atoms with Gasteiger partial charge in [0, 0.05) is 0 Å². The van der Waals surface area contributed by atoms with Gasteiger partial charge in [0.25, 0.3) is 0 Å². The molecule has 0 aliphatic rings. The first-order chi connectivity index (χ1) is 10.1. The minimum absolute atomic E-state index is 0.0821. The quantitative estimate of drug-likeness (QED) is 0.835. The van der Waals surface area contributed by atoms with Crippen molar-refractivity contribution in [3.8, 4) is 5.75 Å². The van der Waals surface area contributed by atoms with Gasteiger partial charge in [0.2, 0.25) is 0 Å². The van der Waals surface area contributed by atoms with E-state index in [0.29, 0.717) is 10.7 Å². The number of carbonyl (C=O) groups excluding carboxylic acids is 1. The molecule has 0 aliphatic carbocycles. The van der Waals surface area contributed by atoms with Crippen molar-refractivity contribution < 1.29 is 9.53 Å². The summed E-state index contributed by atoms with van der Waals surface area (Å²) in [6, 6.07) is 12.5. The number of aryl methyl sites for hydroxylation is 2. The second kappa shape index (κ2) is 6.99. The maximum Gasteiger partial charge on any atom is 0.321 e. The Morgan fingerprint density at radius 2 is 1.90 bits per heavy atom. The van der Waals surface area contributed by atoms with Crippen LogP contribution in [0.3, 0.4) is 0 Å².